The second kappa shape index (κ2) is 10.1. The third-order valence-corrected chi connectivity index (χ3v) is 11.7. The van der Waals surface area contributed by atoms with Crippen LogP contribution in [0.5, 0.6) is 0 Å². The van der Waals surface area contributed by atoms with Gasteiger partial charge in [0.05, 0.1) is 17.5 Å². The summed E-state index contributed by atoms with van der Waals surface area (Å²) in [5, 5.41) is 10.3. The van der Waals surface area contributed by atoms with E-state index in [4.69, 9.17) is 8.85 Å². The summed E-state index contributed by atoms with van der Waals surface area (Å²) < 4.78 is 13.2. The van der Waals surface area contributed by atoms with E-state index in [1.807, 2.05) is 12.2 Å². The molecule has 0 fully saturated rings. The first-order valence-electron chi connectivity index (χ1n) is 11.2. The van der Waals surface area contributed by atoms with Gasteiger partial charge in [-0.3, -0.25) is 0 Å². The third-order valence-electron chi connectivity index (χ3n) is 6.13. The average Bonchev–Trinajstić information content (AvgIpc) is 2.89. The zero-order chi connectivity index (χ0) is 22.5. The molecule has 0 amide bonds. The molecule has 0 saturated carbocycles. The van der Waals surface area contributed by atoms with Gasteiger partial charge < -0.3 is 14.0 Å². The molecule has 1 unspecified atom stereocenters. The van der Waals surface area contributed by atoms with Crippen molar-refractivity contribution in [3.8, 4) is 0 Å². The van der Waals surface area contributed by atoms with E-state index < -0.39 is 16.6 Å². The first-order chi connectivity index (χ1) is 13.1. The maximum absolute atomic E-state index is 10.2. The number of hydrogen-bond donors (Lipinski definition) is 1. The lowest BCUT2D eigenvalue weighted by Crippen LogP contribution is -2.44. The Hall–Kier alpha value is -0.626. The van der Waals surface area contributed by atoms with Gasteiger partial charge in [-0.25, -0.2) is 0 Å². The van der Waals surface area contributed by atoms with Crippen LogP contribution >= 0.6 is 0 Å². The molecule has 0 aliphatic heterocycles. The highest BCUT2D eigenvalue weighted by Gasteiger charge is 2.41. The van der Waals surface area contributed by atoms with E-state index in [1.165, 1.54) is 0 Å². The second-order valence-corrected chi connectivity index (χ2v) is 20.3. The molecule has 0 heterocycles. The molecule has 1 aliphatic carbocycles. The summed E-state index contributed by atoms with van der Waals surface area (Å²) in [6, 6.07) is 0. The van der Waals surface area contributed by atoms with Crippen LogP contribution in [-0.2, 0) is 8.85 Å². The van der Waals surface area contributed by atoms with E-state index in [2.05, 4.69) is 79.2 Å². The van der Waals surface area contributed by atoms with Crippen LogP contribution in [-0.4, -0.2) is 33.4 Å². The Labute approximate surface area is 182 Å². The summed E-state index contributed by atoms with van der Waals surface area (Å²) >= 11 is 0. The predicted molar refractivity (Wildman–Crippen MR) is 132 cm³/mol. The van der Waals surface area contributed by atoms with Gasteiger partial charge in [0.2, 0.25) is 0 Å². The van der Waals surface area contributed by atoms with Crippen molar-refractivity contribution in [2.45, 2.75) is 109 Å². The van der Waals surface area contributed by atoms with Gasteiger partial charge in [0.1, 0.15) is 0 Å². The van der Waals surface area contributed by atoms with Crippen LogP contribution in [0.4, 0.5) is 0 Å². The largest absolute Gasteiger partial charge is 0.513 e. The molecular formula is C24H46O3Si2. The SMILES string of the molecule is C=CC(C/C=C/[C@@H]1C=C(O)C[C@H]1O[Si](C)(C)C(C)(C)C)(CCCC)O[Si](C)(C)C. The Balaban J connectivity index is 2.94. The second-order valence-electron chi connectivity index (χ2n) is 11.1. The van der Waals surface area contributed by atoms with E-state index in [-0.39, 0.29) is 22.7 Å². The van der Waals surface area contributed by atoms with Gasteiger partial charge in [-0.2, -0.15) is 0 Å². The fourth-order valence-electron chi connectivity index (χ4n) is 3.53. The summed E-state index contributed by atoms with van der Waals surface area (Å²) in [6.07, 6.45) is 13.1. The van der Waals surface area contributed by atoms with Gasteiger partial charge in [-0.05, 0) is 56.7 Å². The maximum Gasteiger partial charge on any atom is 0.192 e. The monoisotopic (exact) mass is 438 g/mol. The number of hydrogen-bond acceptors (Lipinski definition) is 3. The third kappa shape index (κ3) is 8.20. The Bertz CT molecular complexity index is 596. The Kier molecular flexibility index (Phi) is 9.22. The number of aliphatic hydroxyl groups excluding tert-OH is 1. The normalized spacial score (nSPS) is 23.3. The fraction of sp³-hybridized carbons (Fsp3) is 0.750. The maximum atomic E-state index is 10.2. The van der Waals surface area contributed by atoms with E-state index in [1.54, 1.807) is 0 Å². The van der Waals surface area contributed by atoms with Gasteiger partial charge in [-0.1, -0.05) is 58.8 Å². The molecule has 3 atom stereocenters. The molecule has 168 valence electrons. The lowest BCUT2D eigenvalue weighted by atomic mass is 9.92. The van der Waals surface area contributed by atoms with Gasteiger partial charge in [-0.15, -0.1) is 6.58 Å². The summed E-state index contributed by atoms with van der Waals surface area (Å²) in [5.74, 6) is 0.562. The lowest BCUT2D eigenvalue weighted by Gasteiger charge is -2.39. The van der Waals surface area contributed by atoms with Crippen LogP contribution in [0, 0.1) is 5.92 Å². The molecule has 5 heteroatoms. The molecule has 1 aliphatic rings. The first-order valence-corrected chi connectivity index (χ1v) is 17.5. The molecular weight excluding hydrogens is 392 g/mol. The molecule has 3 nitrogen and oxygen atoms in total. The molecule has 0 aromatic carbocycles. The minimum absolute atomic E-state index is 0.0267. The van der Waals surface area contributed by atoms with E-state index in [0.717, 1.165) is 25.7 Å². The lowest BCUT2D eigenvalue weighted by molar-refractivity contribution is 0.102. The van der Waals surface area contributed by atoms with Crippen LogP contribution in [0.3, 0.4) is 0 Å². The highest BCUT2D eigenvalue weighted by Crippen LogP contribution is 2.40. The van der Waals surface area contributed by atoms with Crippen LogP contribution in [0.25, 0.3) is 0 Å². The van der Waals surface area contributed by atoms with Crippen LogP contribution in [0.2, 0.25) is 37.8 Å². The molecule has 1 rings (SSSR count). The van der Waals surface area contributed by atoms with Crippen molar-refractivity contribution in [2.24, 2.45) is 5.92 Å². The summed E-state index contributed by atoms with van der Waals surface area (Å²) in [5.41, 5.74) is -0.295. The van der Waals surface area contributed by atoms with Gasteiger partial charge >= 0.3 is 0 Å². The molecule has 0 saturated heterocycles. The smallest absolute Gasteiger partial charge is 0.192 e. The van der Waals surface area contributed by atoms with Crippen molar-refractivity contribution >= 4 is 16.6 Å². The summed E-state index contributed by atoms with van der Waals surface area (Å²) in [6.45, 7) is 24.4. The van der Waals surface area contributed by atoms with Gasteiger partial charge in [0, 0.05) is 12.3 Å². The fourth-order valence-corrected chi connectivity index (χ4v) is 6.37. The minimum atomic E-state index is -1.89. The Morgan fingerprint density at radius 1 is 1.21 bits per heavy atom. The number of aliphatic hydroxyl groups is 1. The van der Waals surface area contributed by atoms with Crippen LogP contribution in [0.1, 0.15) is 59.8 Å². The van der Waals surface area contributed by atoms with Gasteiger partial charge in [0.15, 0.2) is 16.6 Å². The Morgan fingerprint density at radius 3 is 2.31 bits per heavy atom. The predicted octanol–water partition coefficient (Wildman–Crippen LogP) is 7.75. The molecule has 0 aromatic rings. The zero-order valence-electron chi connectivity index (χ0n) is 20.5. The van der Waals surface area contributed by atoms with E-state index >= 15 is 0 Å². The van der Waals surface area contributed by atoms with Crippen LogP contribution < -0.4 is 0 Å². The van der Waals surface area contributed by atoms with Crippen molar-refractivity contribution in [3.63, 3.8) is 0 Å². The molecule has 0 radical (unpaired) electrons. The van der Waals surface area contributed by atoms with Crippen molar-refractivity contribution in [2.75, 3.05) is 0 Å². The van der Waals surface area contributed by atoms with Crippen molar-refractivity contribution in [3.05, 3.63) is 36.6 Å². The first kappa shape index (κ1) is 26.4. The molecule has 0 spiro atoms. The average molecular weight is 439 g/mol. The standard InChI is InChI=1S/C24H46O3Si2/c1-11-13-16-24(12-2,27-28(6,7)8)17-14-15-20-18-21(25)19-22(20)26-29(9,10)23(3,4)5/h12,14-15,18,20,22,25H,2,11,13,16-17,19H2,1,3-10H3/b15-14+/t20-,22-,24?/m1/s1. The highest BCUT2D eigenvalue weighted by atomic mass is 28.4. The zero-order valence-corrected chi connectivity index (χ0v) is 22.5. The molecule has 0 bridgehead atoms. The van der Waals surface area contributed by atoms with Crippen molar-refractivity contribution in [1.82, 2.24) is 0 Å². The van der Waals surface area contributed by atoms with E-state index in [9.17, 15) is 5.11 Å². The number of unbranched alkanes of at least 4 members (excludes halogenated alkanes) is 1. The summed E-state index contributed by atoms with van der Waals surface area (Å²) in [7, 11) is -3.59. The molecule has 0 aromatic heterocycles. The molecule has 1 N–H and O–H groups in total. The van der Waals surface area contributed by atoms with Crippen LogP contribution in [0.15, 0.2) is 36.6 Å². The van der Waals surface area contributed by atoms with Crippen molar-refractivity contribution in [1.29, 1.82) is 0 Å². The Morgan fingerprint density at radius 2 is 1.83 bits per heavy atom. The summed E-state index contributed by atoms with van der Waals surface area (Å²) in [4.78, 5) is 0. The van der Waals surface area contributed by atoms with E-state index in [0.29, 0.717) is 12.2 Å². The van der Waals surface area contributed by atoms with Crippen molar-refractivity contribution < 1.29 is 14.0 Å². The minimum Gasteiger partial charge on any atom is -0.513 e. The van der Waals surface area contributed by atoms with Gasteiger partial charge in [0.25, 0.3) is 0 Å². The number of rotatable bonds is 11. The highest BCUT2D eigenvalue weighted by molar-refractivity contribution is 6.74. The quantitative estimate of drug-likeness (QED) is 0.265. The molecule has 29 heavy (non-hydrogen) atoms. The topological polar surface area (TPSA) is 38.7 Å².